The maximum absolute atomic E-state index is 12.1. The van der Waals surface area contributed by atoms with Gasteiger partial charge in [0.05, 0.1) is 29.8 Å². The fourth-order valence-electron chi connectivity index (χ4n) is 2.57. The molecule has 3 rings (SSSR count). The van der Waals surface area contributed by atoms with Crippen molar-refractivity contribution in [3.8, 4) is 0 Å². The lowest BCUT2D eigenvalue weighted by molar-refractivity contribution is 0.112. The van der Waals surface area contributed by atoms with E-state index in [1.807, 2.05) is 26.8 Å². The van der Waals surface area contributed by atoms with Gasteiger partial charge in [0.15, 0.2) is 5.13 Å². The van der Waals surface area contributed by atoms with Crippen molar-refractivity contribution < 1.29 is 13.9 Å². The first-order chi connectivity index (χ1) is 10.5. The first-order valence-electron chi connectivity index (χ1n) is 7.23. The lowest BCUT2D eigenvalue weighted by Gasteiger charge is -2.13. The van der Waals surface area contributed by atoms with E-state index >= 15 is 0 Å². The number of amides is 2. The number of hydrogen-bond acceptors (Lipinski definition) is 5. The van der Waals surface area contributed by atoms with Crippen LogP contribution in [0.4, 0.5) is 9.93 Å². The highest BCUT2D eigenvalue weighted by Crippen LogP contribution is 2.27. The Morgan fingerprint density at radius 3 is 2.95 bits per heavy atom. The fraction of sp³-hybridized carbons (Fsp3) is 0.467. The van der Waals surface area contributed by atoms with Gasteiger partial charge in [0.1, 0.15) is 11.5 Å². The van der Waals surface area contributed by atoms with E-state index in [-0.39, 0.29) is 12.1 Å². The smallest absolute Gasteiger partial charge is 0.321 e. The summed E-state index contributed by atoms with van der Waals surface area (Å²) in [6, 6.07) is 1.55. The largest absolute Gasteiger partial charge is 0.466 e. The first kappa shape index (κ1) is 15.1. The van der Waals surface area contributed by atoms with Crippen molar-refractivity contribution in [2.45, 2.75) is 39.8 Å². The molecule has 0 fully saturated rings. The quantitative estimate of drug-likeness (QED) is 0.909. The Labute approximate surface area is 132 Å². The SMILES string of the molecule is Cc1cc(C(C)NC(=O)Nc2nc3c(s2)COCC3)c(C)o1. The molecule has 0 aromatic carbocycles. The summed E-state index contributed by atoms with van der Waals surface area (Å²) in [7, 11) is 0. The predicted molar refractivity (Wildman–Crippen MR) is 84.2 cm³/mol. The molecule has 2 amide bonds. The molecule has 0 spiro atoms. The van der Waals surface area contributed by atoms with Gasteiger partial charge in [0.2, 0.25) is 0 Å². The van der Waals surface area contributed by atoms with Gasteiger partial charge in [-0.25, -0.2) is 9.78 Å². The van der Waals surface area contributed by atoms with Gasteiger partial charge >= 0.3 is 6.03 Å². The lowest BCUT2D eigenvalue weighted by atomic mass is 10.1. The average Bonchev–Trinajstić information content (AvgIpc) is 3.00. The van der Waals surface area contributed by atoms with Gasteiger partial charge in [-0.3, -0.25) is 5.32 Å². The van der Waals surface area contributed by atoms with Crippen LogP contribution in [0.3, 0.4) is 0 Å². The molecule has 2 N–H and O–H groups in total. The molecular weight excluding hydrogens is 302 g/mol. The van der Waals surface area contributed by atoms with Crippen molar-refractivity contribution in [1.29, 1.82) is 0 Å². The van der Waals surface area contributed by atoms with Gasteiger partial charge in [-0.2, -0.15) is 0 Å². The fourth-order valence-corrected chi connectivity index (χ4v) is 3.51. The van der Waals surface area contributed by atoms with E-state index in [4.69, 9.17) is 9.15 Å². The molecule has 1 unspecified atom stereocenters. The van der Waals surface area contributed by atoms with Crippen LogP contribution in [0.2, 0.25) is 0 Å². The Balaban J connectivity index is 1.62. The van der Waals surface area contributed by atoms with E-state index in [1.54, 1.807) is 0 Å². The number of aromatic nitrogens is 1. The molecule has 0 saturated heterocycles. The minimum atomic E-state index is -0.266. The standard InChI is InChI=1S/C15H19N3O3S/c1-8-6-11(10(3)21-8)9(2)16-14(19)18-15-17-12-4-5-20-7-13(12)22-15/h6,9H,4-5,7H2,1-3H3,(H2,16,17,18,19). The highest BCUT2D eigenvalue weighted by Gasteiger charge is 2.18. The van der Waals surface area contributed by atoms with Gasteiger partial charge in [0, 0.05) is 12.0 Å². The molecule has 2 aromatic heterocycles. The highest BCUT2D eigenvalue weighted by molar-refractivity contribution is 7.15. The number of hydrogen-bond donors (Lipinski definition) is 2. The van der Waals surface area contributed by atoms with Crippen LogP contribution in [0.5, 0.6) is 0 Å². The summed E-state index contributed by atoms with van der Waals surface area (Å²) in [5.41, 5.74) is 2.01. The van der Waals surface area contributed by atoms with Crippen LogP contribution in [0, 0.1) is 13.8 Å². The molecule has 118 valence electrons. The maximum atomic E-state index is 12.1. The zero-order chi connectivity index (χ0) is 15.7. The van der Waals surface area contributed by atoms with Gasteiger partial charge in [0.25, 0.3) is 0 Å². The molecule has 22 heavy (non-hydrogen) atoms. The van der Waals surface area contributed by atoms with E-state index in [0.717, 1.165) is 34.1 Å². The number of thiazole rings is 1. The molecule has 0 aliphatic carbocycles. The molecule has 0 saturated carbocycles. The molecule has 1 aliphatic rings. The summed E-state index contributed by atoms with van der Waals surface area (Å²) >= 11 is 1.47. The topological polar surface area (TPSA) is 76.4 Å². The average molecular weight is 321 g/mol. The second-order valence-electron chi connectivity index (χ2n) is 5.38. The zero-order valence-corrected chi connectivity index (χ0v) is 13.7. The van der Waals surface area contributed by atoms with Crippen LogP contribution in [-0.2, 0) is 17.8 Å². The number of rotatable bonds is 3. The number of ether oxygens (including phenoxy) is 1. The van der Waals surface area contributed by atoms with E-state index < -0.39 is 0 Å². The number of anilines is 1. The van der Waals surface area contributed by atoms with E-state index in [1.165, 1.54) is 11.3 Å². The summed E-state index contributed by atoms with van der Waals surface area (Å²) < 4.78 is 10.9. The zero-order valence-electron chi connectivity index (χ0n) is 12.9. The van der Waals surface area contributed by atoms with Gasteiger partial charge in [-0.1, -0.05) is 11.3 Å². The molecular formula is C15H19N3O3S. The molecule has 7 heteroatoms. The summed E-state index contributed by atoms with van der Waals surface area (Å²) in [4.78, 5) is 17.6. The molecule has 6 nitrogen and oxygen atoms in total. The molecule has 1 atom stereocenters. The number of carbonyl (C=O) groups is 1. The molecule has 3 heterocycles. The number of carbonyl (C=O) groups excluding carboxylic acids is 1. The summed E-state index contributed by atoms with van der Waals surface area (Å²) in [6.07, 6.45) is 0.805. The Morgan fingerprint density at radius 2 is 2.27 bits per heavy atom. The predicted octanol–water partition coefficient (Wildman–Crippen LogP) is 3.31. The van der Waals surface area contributed by atoms with Crippen LogP contribution >= 0.6 is 11.3 Å². The second-order valence-corrected chi connectivity index (χ2v) is 6.46. The minimum absolute atomic E-state index is 0.129. The van der Waals surface area contributed by atoms with Gasteiger partial charge in [-0.15, -0.1) is 0 Å². The third-order valence-corrected chi connectivity index (χ3v) is 4.60. The van der Waals surface area contributed by atoms with Crippen LogP contribution < -0.4 is 10.6 Å². The van der Waals surface area contributed by atoms with Gasteiger partial charge in [-0.05, 0) is 26.8 Å². The van der Waals surface area contributed by atoms with Crippen LogP contribution in [0.15, 0.2) is 10.5 Å². The highest BCUT2D eigenvalue weighted by atomic mass is 32.1. The van der Waals surface area contributed by atoms with E-state index in [9.17, 15) is 4.79 Å². The van der Waals surface area contributed by atoms with E-state index in [2.05, 4.69) is 15.6 Å². The van der Waals surface area contributed by atoms with E-state index in [0.29, 0.717) is 18.3 Å². The summed E-state index contributed by atoms with van der Waals surface area (Å²) in [5.74, 6) is 1.67. The maximum Gasteiger partial charge on any atom is 0.321 e. The third-order valence-electron chi connectivity index (χ3n) is 3.61. The van der Waals surface area contributed by atoms with Crippen molar-refractivity contribution in [3.05, 3.63) is 33.7 Å². The normalized spacial score (nSPS) is 15.2. The number of nitrogens with zero attached hydrogens (tertiary/aromatic N) is 1. The van der Waals surface area contributed by atoms with Crippen molar-refractivity contribution in [2.24, 2.45) is 0 Å². The number of aryl methyl sites for hydroxylation is 2. The molecule has 0 radical (unpaired) electrons. The third kappa shape index (κ3) is 3.15. The number of furan rings is 1. The van der Waals surface area contributed by atoms with Crippen LogP contribution in [0.1, 0.15) is 40.6 Å². The molecule has 1 aliphatic heterocycles. The van der Waals surface area contributed by atoms with Crippen LogP contribution in [-0.4, -0.2) is 17.6 Å². The van der Waals surface area contributed by atoms with Crippen molar-refractivity contribution in [1.82, 2.24) is 10.3 Å². The first-order valence-corrected chi connectivity index (χ1v) is 8.05. The lowest BCUT2D eigenvalue weighted by Crippen LogP contribution is -2.31. The van der Waals surface area contributed by atoms with Crippen molar-refractivity contribution in [2.75, 3.05) is 11.9 Å². The molecule has 0 bridgehead atoms. The van der Waals surface area contributed by atoms with Crippen LogP contribution in [0.25, 0.3) is 0 Å². The number of fused-ring (bicyclic) bond motifs is 1. The Hall–Kier alpha value is -1.86. The minimum Gasteiger partial charge on any atom is -0.466 e. The van der Waals surface area contributed by atoms with Crippen molar-refractivity contribution >= 4 is 22.5 Å². The Bertz CT molecular complexity index is 669. The Morgan fingerprint density at radius 1 is 1.45 bits per heavy atom. The molecule has 2 aromatic rings. The second kappa shape index (κ2) is 6.10. The summed E-state index contributed by atoms with van der Waals surface area (Å²) in [5, 5.41) is 6.31. The monoisotopic (exact) mass is 321 g/mol. The number of urea groups is 1. The van der Waals surface area contributed by atoms with Crippen molar-refractivity contribution in [3.63, 3.8) is 0 Å². The van der Waals surface area contributed by atoms with Gasteiger partial charge < -0.3 is 14.5 Å². The number of nitrogens with one attached hydrogen (secondary N) is 2. The summed E-state index contributed by atoms with van der Waals surface area (Å²) in [6.45, 7) is 7.00. The Kier molecular flexibility index (Phi) is 4.17.